The summed E-state index contributed by atoms with van der Waals surface area (Å²) in [6.07, 6.45) is 2.28. The Balaban J connectivity index is 2.21. The minimum atomic E-state index is 0.135. The number of pyridine rings is 1. The molecule has 88 valence electrons. The van der Waals surface area contributed by atoms with Crippen LogP contribution < -0.4 is 5.32 Å². The Morgan fingerprint density at radius 3 is 2.81 bits per heavy atom. The van der Waals surface area contributed by atoms with Crippen LogP contribution in [0.5, 0.6) is 0 Å². The summed E-state index contributed by atoms with van der Waals surface area (Å²) < 4.78 is 0.971. The van der Waals surface area contributed by atoms with Gasteiger partial charge in [-0.25, -0.2) is 0 Å². The first-order valence-electron chi connectivity index (χ1n) is 5.11. The summed E-state index contributed by atoms with van der Waals surface area (Å²) in [4.78, 5) is 17.1. The predicted octanol–water partition coefficient (Wildman–Crippen LogP) is 1.41. The summed E-state index contributed by atoms with van der Waals surface area (Å²) in [6, 6.07) is 3.90. The van der Waals surface area contributed by atoms with E-state index in [0.29, 0.717) is 19.5 Å². The maximum atomic E-state index is 11.3. The lowest BCUT2D eigenvalue weighted by Gasteiger charge is -2.10. The van der Waals surface area contributed by atoms with Gasteiger partial charge in [-0.3, -0.25) is 9.78 Å². The second-order valence-electron chi connectivity index (χ2n) is 3.68. The van der Waals surface area contributed by atoms with Gasteiger partial charge in [0.05, 0.1) is 5.69 Å². The van der Waals surface area contributed by atoms with Gasteiger partial charge in [-0.05, 0) is 28.1 Å². The van der Waals surface area contributed by atoms with Crippen LogP contribution in [0, 0.1) is 0 Å². The maximum absolute atomic E-state index is 11.3. The molecule has 0 aliphatic carbocycles. The van der Waals surface area contributed by atoms with Crippen molar-refractivity contribution in [3.05, 3.63) is 28.5 Å². The molecule has 1 amide bonds. The minimum Gasteiger partial charge on any atom is -0.349 e. The Morgan fingerprint density at radius 2 is 2.25 bits per heavy atom. The molecule has 0 spiro atoms. The maximum Gasteiger partial charge on any atom is 0.223 e. The standard InChI is InChI=1S/C11H16BrN3O/c1-15(2)11(16)5-6-13-8-10-4-3-9(12)7-14-10/h3-4,7,13H,5-6,8H2,1-2H3. The SMILES string of the molecule is CN(C)C(=O)CCNCc1ccc(Br)cn1. The zero-order valence-corrected chi connectivity index (χ0v) is 11.1. The van der Waals surface area contributed by atoms with Crippen molar-refractivity contribution in [1.82, 2.24) is 15.2 Å². The van der Waals surface area contributed by atoms with Gasteiger partial charge < -0.3 is 10.2 Å². The van der Waals surface area contributed by atoms with E-state index in [1.165, 1.54) is 0 Å². The van der Waals surface area contributed by atoms with Crippen molar-refractivity contribution in [3.8, 4) is 0 Å². The number of nitrogens with one attached hydrogen (secondary N) is 1. The van der Waals surface area contributed by atoms with Gasteiger partial charge in [0.25, 0.3) is 0 Å². The molecule has 1 heterocycles. The molecule has 1 rings (SSSR count). The molecule has 0 saturated carbocycles. The number of carbonyl (C=O) groups excluding carboxylic acids is 1. The molecule has 0 bridgehead atoms. The van der Waals surface area contributed by atoms with E-state index in [9.17, 15) is 4.79 Å². The first-order valence-corrected chi connectivity index (χ1v) is 5.90. The quantitative estimate of drug-likeness (QED) is 0.832. The molecule has 0 atom stereocenters. The molecule has 0 aliphatic rings. The fourth-order valence-corrected chi connectivity index (χ4v) is 1.38. The molecule has 1 aromatic rings. The molecule has 5 heteroatoms. The predicted molar refractivity (Wildman–Crippen MR) is 67.0 cm³/mol. The molecular weight excluding hydrogens is 270 g/mol. The van der Waals surface area contributed by atoms with E-state index in [-0.39, 0.29) is 5.91 Å². The smallest absolute Gasteiger partial charge is 0.223 e. The van der Waals surface area contributed by atoms with Crippen LogP contribution in [0.25, 0.3) is 0 Å². The Labute approximate surface area is 104 Å². The van der Waals surface area contributed by atoms with Gasteiger partial charge in [0, 0.05) is 44.3 Å². The molecule has 0 aliphatic heterocycles. The minimum absolute atomic E-state index is 0.135. The molecule has 0 aromatic carbocycles. The van der Waals surface area contributed by atoms with Crippen LogP contribution in [0.1, 0.15) is 12.1 Å². The molecule has 1 N–H and O–H groups in total. The fourth-order valence-electron chi connectivity index (χ4n) is 1.15. The lowest BCUT2D eigenvalue weighted by molar-refractivity contribution is -0.128. The summed E-state index contributed by atoms with van der Waals surface area (Å²) >= 11 is 3.33. The average molecular weight is 286 g/mol. The highest BCUT2D eigenvalue weighted by Crippen LogP contribution is 2.06. The highest BCUT2D eigenvalue weighted by Gasteiger charge is 2.02. The third-order valence-corrected chi connectivity index (χ3v) is 2.58. The van der Waals surface area contributed by atoms with E-state index in [2.05, 4.69) is 26.2 Å². The van der Waals surface area contributed by atoms with Crippen LogP contribution in [0.2, 0.25) is 0 Å². The second kappa shape index (κ2) is 6.60. The zero-order valence-electron chi connectivity index (χ0n) is 9.53. The number of carbonyl (C=O) groups is 1. The monoisotopic (exact) mass is 285 g/mol. The summed E-state index contributed by atoms with van der Waals surface area (Å²) in [5.74, 6) is 0.135. The van der Waals surface area contributed by atoms with E-state index in [4.69, 9.17) is 0 Å². The number of nitrogens with zero attached hydrogens (tertiary/aromatic N) is 2. The van der Waals surface area contributed by atoms with Crippen LogP contribution in [-0.2, 0) is 11.3 Å². The van der Waals surface area contributed by atoms with Crippen molar-refractivity contribution in [2.24, 2.45) is 0 Å². The first kappa shape index (κ1) is 13.1. The Bertz CT molecular complexity index is 338. The van der Waals surface area contributed by atoms with Crippen LogP contribution in [-0.4, -0.2) is 36.4 Å². The first-order chi connectivity index (χ1) is 7.59. The van der Waals surface area contributed by atoms with Crippen molar-refractivity contribution in [2.45, 2.75) is 13.0 Å². The van der Waals surface area contributed by atoms with Gasteiger partial charge in [-0.2, -0.15) is 0 Å². The largest absolute Gasteiger partial charge is 0.349 e. The Kier molecular flexibility index (Phi) is 5.42. The normalized spacial score (nSPS) is 10.2. The van der Waals surface area contributed by atoms with Crippen LogP contribution in [0.15, 0.2) is 22.8 Å². The van der Waals surface area contributed by atoms with Crippen molar-refractivity contribution in [1.29, 1.82) is 0 Å². The van der Waals surface area contributed by atoms with E-state index < -0.39 is 0 Å². The highest BCUT2D eigenvalue weighted by molar-refractivity contribution is 9.10. The molecule has 0 unspecified atom stereocenters. The van der Waals surface area contributed by atoms with Crippen molar-refractivity contribution in [2.75, 3.05) is 20.6 Å². The van der Waals surface area contributed by atoms with Gasteiger partial charge >= 0.3 is 0 Å². The van der Waals surface area contributed by atoms with Gasteiger partial charge in [0.2, 0.25) is 5.91 Å². The fraction of sp³-hybridized carbons (Fsp3) is 0.455. The highest BCUT2D eigenvalue weighted by atomic mass is 79.9. The van der Waals surface area contributed by atoms with Crippen LogP contribution >= 0.6 is 15.9 Å². The number of rotatable bonds is 5. The van der Waals surface area contributed by atoms with E-state index in [1.54, 1.807) is 25.2 Å². The average Bonchev–Trinajstić information content (AvgIpc) is 2.26. The van der Waals surface area contributed by atoms with E-state index in [0.717, 1.165) is 10.2 Å². The number of aromatic nitrogens is 1. The van der Waals surface area contributed by atoms with E-state index >= 15 is 0 Å². The number of halogens is 1. The molecule has 0 radical (unpaired) electrons. The summed E-state index contributed by atoms with van der Waals surface area (Å²) in [5.41, 5.74) is 0.973. The molecule has 4 nitrogen and oxygen atoms in total. The van der Waals surface area contributed by atoms with Gasteiger partial charge in [-0.1, -0.05) is 0 Å². The molecule has 16 heavy (non-hydrogen) atoms. The number of hydrogen-bond donors (Lipinski definition) is 1. The van der Waals surface area contributed by atoms with Gasteiger partial charge in [0.15, 0.2) is 0 Å². The lowest BCUT2D eigenvalue weighted by atomic mass is 10.3. The number of amides is 1. The third-order valence-electron chi connectivity index (χ3n) is 2.11. The molecule has 0 fully saturated rings. The van der Waals surface area contributed by atoms with Crippen molar-refractivity contribution in [3.63, 3.8) is 0 Å². The van der Waals surface area contributed by atoms with E-state index in [1.807, 2.05) is 12.1 Å². The van der Waals surface area contributed by atoms with Crippen molar-refractivity contribution < 1.29 is 4.79 Å². The molecule has 0 saturated heterocycles. The van der Waals surface area contributed by atoms with Crippen LogP contribution in [0.3, 0.4) is 0 Å². The Hall–Kier alpha value is -0.940. The van der Waals surface area contributed by atoms with Crippen LogP contribution in [0.4, 0.5) is 0 Å². The van der Waals surface area contributed by atoms with Gasteiger partial charge in [-0.15, -0.1) is 0 Å². The second-order valence-corrected chi connectivity index (χ2v) is 4.60. The van der Waals surface area contributed by atoms with Crippen molar-refractivity contribution >= 4 is 21.8 Å². The van der Waals surface area contributed by atoms with Gasteiger partial charge in [0.1, 0.15) is 0 Å². The topological polar surface area (TPSA) is 45.2 Å². The number of hydrogen-bond acceptors (Lipinski definition) is 3. The summed E-state index contributed by atoms with van der Waals surface area (Å²) in [7, 11) is 3.53. The molecule has 1 aromatic heterocycles. The summed E-state index contributed by atoms with van der Waals surface area (Å²) in [5, 5.41) is 3.18. The summed E-state index contributed by atoms with van der Waals surface area (Å²) in [6.45, 7) is 1.36. The Morgan fingerprint density at radius 1 is 1.50 bits per heavy atom. The third kappa shape index (κ3) is 4.72. The molecular formula is C11H16BrN3O. The lowest BCUT2D eigenvalue weighted by Crippen LogP contribution is -2.26. The zero-order chi connectivity index (χ0) is 12.0.